The van der Waals surface area contributed by atoms with E-state index in [9.17, 15) is 18.0 Å². The van der Waals surface area contributed by atoms with Gasteiger partial charge in [0.05, 0.1) is 5.56 Å². The molecule has 0 aliphatic carbocycles. The number of benzene rings is 1. The zero-order valence-corrected chi connectivity index (χ0v) is 12.0. The number of amides is 1. The summed E-state index contributed by atoms with van der Waals surface area (Å²) in [5.41, 5.74) is 6.08. The number of pyridine rings is 1. The van der Waals surface area contributed by atoms with Crippen LogP contribution < -0.4 is 11.1 Å². The zero-order chi connectivity index (χ0) is 16.5. The Labute approximate surface area is 125 Å². The number of nitrogens with two attached hydrogens (primary N) is 1. The van der Waals surface area contributed by atoms with Crippen molar-refractivity contribution >= 4 is 17.3 Å². The van der Waals surface area contributed by atoms with Crippen molar-refractivity contribution in [1.82, 2.24) is 4.98 Å². The smallest absolute Gasteiger partial charge is 0.398 e. The van der Waals surface area contributed by atoms with E-state index in [-0.39, 0.29) is 11.3 Å². The highest BCUT2D eigenvalue weighted by atomic mass is 19.4. The van der Waals surface area contributed by atoms with Crippen LogP contribution in [0, 0.1) is 13.8 Å². The second-order valence-electron chi connectivity index (χ2n) is 4.86. The first-order valence-electron chi connectivity index (χ1n) is 6.40. The molecule has 1 heterocycles. The second-order valence-corrected chi connectivity index (χ2v) is 4.86. The fourth-order valence-electron chi connectivity index (χ4n) is 1.98. The number of carbonyl (C=O) groups excluding carboxylic acids is 1. The van der Waals surface area contributed by atoms with Gasteiger partial charge in [-0.3, -0.25) is 9.78 Å². The number of hydrogen-bond acceptors (Lipinski definition) is 3. The van der Waals surface area contributed by atoms with Gasteiger partial charge in [0.15, 0.2) is 0 Å². The highest BCUT2D eigenvalue weighted by molar-refractivity contribution is 6.04. The van der Waals surface area contributed by atoms with Crippen molar-refractivity contribution in [2.45, 2.75) is 20.0 Å². The molecule has 0 unspecified atom stereocenters. The van der Waals surface area contributed by atoms with Crippen LogP contribution in [-0.2, 0) is 6.18 Å². The van der Waals surface area contributed by atoms with Gasteiger partial charge in [0.2, 0.25) is 0 Å². The molecule has 3 N–H and O–H groups in total. The van der Waals surface area contributed by atoms with Gasteiger partial charge in [-0.15, -0.1) is 0 Å². The van der Waals surface area contributed by atoms with Crippen LogP contribution in [0.4, 0.5) is 24.5 Å². The number of nitrogens with one attached hydrogen (secondary N) is 1. The lowest BCUT2D eigenvalue weighted by atomic mass is 10.1. The van der Waals surface area contributed by atoms with Crippen molar-refractivity contribution < 1.29 is 18.0 Å². The quantitative estimate of drug-likeness (QED) is 0.834. The summed E-state index contributed by atoms with van der Waals surface area (Å²) in [6, 6.07) is 5.70. The van der Waals surface area contributed by atoms with Crippen LogP contribution in [-0.4, -0.2) is 10.9 Å². The van der Waals surface area contributed by atoms with E-state index in [4.69, 9.17) is 5.73 Å². The first-order chi connectivity index (χ1) is 10.2. The van der Waals surface area contributed by atoms with Crippen molar-refractivity contribution in [1.29, 1.82) is 0 Å². The third-order valence-corrected chi connectivity index (χ3v) is 3.26. The van der Waals surface area contributed by atoms with Crippen molar-refractivity contribution in [2.75, 3.05) is 11.1 Å². The highest BCUT2D eigenvalue weighted by Crippen LogP contribution is 2.32. The number of anilines is 2. The molecule has 0 spiro atoms. The van der Waals surface area contributed by atoms with E-state index in [1.165, 1.54) is 13.0 Å². The summed E-state index contributed by atoms with van der Waals surface area (Å²) < 4.78 is 38.5. The molecule has 0 radical (unpaired) electrons. The SMILES string of the molecule is Cc1ccc(NC(=O)c2nccc(C(F)(F)F)c2C)cc1N. The number of halogens is 3. The average molecular weight is 309 g/mol. The van der Waals surface area contributed by atoms with Crippen LogP contribution >= 0.6 is 0 Å². The standard InChI is InChI=1S/C15H14F3N3O/c1-8-3-4-10(7-12(8)19)21-14(22)13-9(2)11(5-6-20-13)15(16,17)18/h3-7H,19H2,1-2H3,(H,21,22). The van der Waals surface area contributed by atoms with E-state index in [1.807, 2.05) is 0 Å². The third-order valence-electron chi connectivity index (χ3n) is 3.26. The fourth-order valence-corrected chi connectivity index (χ4v) is 1.98. The Bertz CT molecular complexity index is 726. The largest absolute Gasteiger partial charge is 0.416 e. The van der Waals surface area contributed by atoms with Crippen molar-refractivity contribution in [2.24, 2.45) is 0 Å². The topological polar surface area (TPSA) is 68.0 Å². The predicted molar refractivity (Wildman–Crippen MR) is 77.5 cm³/mol. The van der Waals surface area contributed by atoms with E-state index in [1.54, 1.807) is 19.1 Å². The van der Waals surface area contributed by atoms with E-state index in [0.717, 1.165) is 17.8 Å². The molecule has 7 heteroatoms. The minimum absolute atomic E-state index is 0.215. The lowest BCUT2D eigenvalue weighted by Crippen LogP contribution is -2.18. The highest BCUT2D eigenvalue weighted by Gasteiger charge is 2.34. The molecular weight excluding hydrogens is 295 g/mol. The van der Waals surface area contributed by atoms with E-state index in [0.29, 0.717) is 11.4 Å². The van der Waals surface area contributed by atoms with Crippen LogP contribution in [0.1, 0.15) is 27.2 Å². The Hall–Kier alpha value is -2.57. The monoisotopic (exact) mass is 309 g/mol. The molecule has 0 saturated heterocycles. The summed E-state index contributed by atoms with van der Waals surface area (Å²) in [6.45, 7) is 3.02. The minimum atomic E-state index is -4.53. The van der Waals surface area contributed by atoms with Gasteiger partial charge in [0.25, 0.3) is 5.91 Å². The number of alkyl halides is 3. The molecule has 2 rings (SSSR count). The average Bonchev–Trinajstić information content (AvgIpc) is 2.41. The number of rotatable bonds is 2. The Morgan fingerprint density at radius 3 is 2.50 bits per heavy atom. The molecule has 0 aliphatic rings. The van der Waals surface area contributed by atoms with E-state index in [2.05, 4.69) is 10.3 Å². The lowest BCUT2D eigenvalue weighted by molar-refractivity contribution is -0.138. The van der Waals surface area contributed by atoms with Crippen molar-refractivity contribution in [3.8, 4) is 0 Å². The Morgan fingerprint density at radius 1 is 1.23 bits per heavy atom. The molecule has 0 bridgehead atoms. The van der Waals surface area contributed by atoms with Gasteiger partial charge >= 0.3 is 6.18 Å². The third kappa shape index (κ3) is 3.19. The first-order valence-corrected chi connectivity index (χ1v) is 6.40. The normalized spacial score (nSPS) is 11.3. The predicted octanol–water partition coefficient (Wildman–Crippen LogP) is 3.55. The summed E-state index contributed by atoms with van der Waals surface area (Å²) in [5.74, 6) is -0.716. The summed E-state index contributed by atoms with van der Waals surface area (Å²) in [4.78, 5) is 15.9. The van der Waals surface area contributed by atoms with Crippen LogP contribution in [0.5, 0.6) is 0 Å². The summed E-state index contributed by atoms with van der Waals surface area (Å²) in [7, 11) is 0. The molecular formula is C15H14F3N3O. The van der Waals surface area contributed by atoms with Gasteiger partial charge in [0, 0.05) is 17.6 Å². The summed E-state index contributed by atoms with van der Waals surface area (Å²) in [5, 5.41) is 2.50. The van der Waals surface area contributed by atoms with Gasteiger partial charge in [-0.25, -0.2) is 0 Å². The molecule has 1 amide bonds. The van der Waals surface area contributed by atoms with Gasteiger partial charge in [-0.1, -0.05) is 6.07 Å². The lowest BCUT2D eigenvalue weighted by Gasteiger charge is -2.13. The zero-order valence-electron chi connectivity index (χ0n) is 12.0. The minimum Gasteiger partial charge on any atom is -0.398 e. The number of aromatic nitrogens is 1. The summed E-state index contributed by atoms with van der Waals surface area (Å²) >= 11 is 0. The molecule has 0 atom stereocenters. The van der Waals surface area contributed by atoms with Crippen molar-refractivity contribution in [3.05, 3.63) is 52.8 Å². The number of nitrogens with zero attached hydrogens (tertiary/aromatic N) is 1. The maximum atomic E-state index is 12.8. The van der Waals surface area contributed by atoms with Crippen LogP contribution in [0.3, 0.4) is 0 Å². The first kappa shape index (κ1) is 15.8. The Balaban J connectivity index is 2.32. The van der Waals surface area contributed by atoms with Gasteiger partial charge in [-0.2, -0.15) is 13.2 Å². The molecule has 1 aromatic heterocycles. The van der Waals surface area contributed by atoms with Crippen LogP contribution in [0.15, 0.2) is 30.5 Å². The van der Waals surface area contributed by atoms with Gasteiger partial charge < -0.3 is 11.1 Å². The van der Waals surface area contributed by atoms with E-state index >= 15 is 0 Å². The van der Waals surface area contributed by atoms with Crippen LogP contribution in [0.25, 0.3) is 0 Å². The fraction of sp³-hybridized carbons (Fsp3) is 0.200. The molecule has 22 heavy (non-hydrogen) atoms. The Kier molecular flexibility index (Phi) is 4.07. The molecule has 2 aromatic rings. The number of hydrogen-bond donors (Lipinski definition) is 2. The van der Waals surface area contributed by atoms with Gasteiger partial charge in [0.1, 0.15) is 5.69 Å². The van der Waals surface area contributed by atoms with Crippen molar-refractivity contribution in [3.63, 3.8) is 0 Å². The second kappa shape index (κ2) is 5.67. The molecule has 0 aliphatic heterocycles. The maximum Gasteiger partial charge on any atom is 0.416 e. The number of aryl methyl sites for hydroxylation is 1. The molecule has 0 saturated carbocycles. The number of carbonyl (C=O) groups is 1. The summed E-state index contributed by atoms with van der Waals surface area (Å²) in [6.07, 6.45) is -3.56. The molecule has 1 aromatic carbocycles. The Morgan fingerprint density at radius 2 is 1.91 bits per heavy atom. The van der Waals surface area contributed by atoms with E-state index < -0.39 is 17.6 Å². The maximum absolute atomic E-state index is 12.8. The molecule has 116 valence electrons. The number of nitrogen functional groups attached to an aromatic ring is 1. The van der Waals surface area contributed by atoms with Gasteiger partial charge in [-0.05, 0) is 43.2 Å². The molecule has 4 nitrogen and oxygen atoms in total. The van der Waals surface area contributed by atoms with Crippen LogP contribution in [0.2, 0.25) is 0 Å². The molecule has 0 fully saturated rings.